The molecule has 0 unspecified atom stereocenters. The Labute approximate surface area is 191 Å². The number of likely N-dealkylation sites (tertiary alicyclic amines) is 1. The number of allylic oxidation sites excluding steroid dienone is 1. The zero-order valence-electron chi connectivity index (χ0n) is 19.0. The van der Waals surface area contributed by atoms with E-state index in [4.69, 9.17) is 14.6 Å². The van der Waals surface area contributed by atoms with Crippen LogP contribution in [0, 0.1) is 6.92 Å². The smallest absolute Gasteiger partial charge is 0.353 e. The average molecular weight is 459 g/mol. The molecule has 4 rings (SSSR count). The summed E-state index contributed by atoms with van der Waals surface area (Å²) >= 11 is 0. The lowest BCUT2D eigenvalue weighted by Gasteiger charge is -2.62. The number of benzene rings is 1. The molecule has 1 fully saturated rings. The van der Waals surface area contributed by atoms with Crippen molar-refractivity contribution in [2.24, 2.45) is 0 Å². The van der Waals surface area contributed by atoms with Crippen molar-refractivity contribution in [3.8, 4) is 5.75 Å². The normalized spacial score (nSPS) is 29.2. The highest BCUT2D eigenvalue weighted by atomic mass is 16.6. The van der Waals surface area contributed by atoms with Crippen LogP contribution in [0.25, 0.3) is 0 Å². The number of phenolic OH excluding ortho intramolecular Hbond substituents is 1. The van der Waals surface area contributed by atoms with Crippen molar-refractivity contribution in [3.63, 3.8) is 0 Å². The molecule has 1 aromatic carbocycles. The van der Waals surface area contributed by atoms with Crippen LogP contribution in [0.15, 0.2) is 24.0 Å². The summed E-state index contributed by atoms with van der Waals surface area (Å²) in [5, 5.41) is 31.6. The number of nitrogens with zero attached hydrogens (tertiary/aromatic N) is 1. The molecule has 9 nitrogen and oxygen atoms in total. The molecule has 0 aromatic heterocycles. The minimum atomic E-state index is -1.56. The van der Waals surface area contributed by atoms with E-state index in [0.29, 0.717) is 24.2 Å². The van der Waals surface area contributed by atoms with Gasteiger partial charge in [-0.05, 0) is 62.2 Å². The van der Waals surface area contributed by atoms with Crippen LogP contribution in [0.1, 0.15) is 49.3 Å². The third-order valence-electron chi connectivity index (χ3n) is 7.50. The number of rotatable bonds is 5. The molecule has 1 heterocycles. The van der Waals surface area contributed by atoms with Crippen LogP contribution in [0.3, 0.4) is 0 Å². The maximum atomic E-state index is 12.7. The molecule has 3 aliphatic rings. The monoisotopic (exact) mass is 459 g/mol. The van der Waals surface area contributed by atoms with E-state index < -0.39 is 41.4 Å². The summed E-state index contributed by atoms with van der Waals surface area (Å²) in [6.45, 7) is 3.64. The number of carboxylic acid groups (broad SMARTS) is 1. The molecule has 2 aliphatic carbocycles. The van der Waals surface area contributed by atoms with Gasteiger partial charge in [0.2, 0.25) is 6.10 Å². The van der Waals surface area contributed by atoms with Crippen molar-refractivity contribution >= 4 is 17.9 Å². The minimum absolute atomic E-state index is 0.142. The van der Waals surface area contributed by atoms with Gasteiger partial charge in [0, 0.05) is 31.2 Å². The molecule has 178 valence electrons. The van der Waals surface area contributed by atoms with Gasteiger partial charge in [-0.2, -0.15) is 0 Å². The van der Waals surface area contributed by atoms with Crippen molar-refractivity contribution in [1.29, 1.82) is 0 Å². The first-order valence-electron chi connectivity index (χ1n) is 11.0. The summed E-state index contributed by atoms with van der Waals surface area (Å²) in [4.78, 5) is 37.3. The molecule has 2 bridgehead atoms. The summed E-state index contributed by atoms with van der Waals surface area (Å²) in [5.41, 5.74) is 0.720. The number of piperidine rings is 1. The summed E-state index contributed by atoms with van der Waals surface area (Å²) in [5.74, 6) is -2.60. The number of carbonyl (C=O) groups is 3. The number of ether oxygens (including phenoxy) is 2. The van der Waals surface area contributed by atoms with E-state index >= 15 is 0 Å². The van der Waals surface area contributed by atoms with E-state index in [0.717, 1.165) is 24.6 Å². The number of aliphatic hydroxyl groups is 1. The highest BCUT2D eigenvalue weighted by Crippen LogP contribution is 2.59. The van der Waals surface area contributed by atoms with Gasteiger partial charge in [-0.15, -0.1) is 0 Å². The fraction of sp³-hybridized carbons (Fsp3) is 0.542. The SMILES string of the molecule is CC(=O)O[C@@H](CC(=O)O)C(=O)OC1=CC[C@@]2(O)[C@H]3Cc4ccc(O)c(C)c4[C@@]2(CCN3C)C1. The second kappa shape index (κ2) is 8.14. The predicted molar refractivity (Wildman–Crippen MR) is 115 cm³/mol. The van der Waals surface area contributed by atoms with Crippen LogP contribution in [0.2, 0.25) is 0 Å². The molecule has 1 saturated heterocycles. The minimum Gasteiger partial charge on any atom is -0.508 e. The number of aromatic hydroxyl groups is 1. The predicted octanol–water partition coefficient (Wildman–Crippen LogP) is 1.56. The number of esters is 2. The molecule has 4 atom stereocenters. The Balaban J connectivity index is 1.71. The molecule has 0 radical (unpaired) electrons. The van der Waals surface area contributed by atoms with Gasteiger partial charge in [0.15, 0.2) is 0 Å². The van der Waals surface area contributed by atoms with Crippen LogP contribution in [0.4, 0.5) is 0 Å². The number of carbonyl (C=O) groups excluding carboxylic acids is 2. The van der Waals surface area contributed by atoms with E-state index in [1.54, 1.807) is 12.1 Å². The third-order valence-corrected chi connectivity index (χ3v) is 7.50. The van der Waals surface area contributed by atoms with Gasteiger partial charge in [-0.1, -0.05) is 6.07 Å². The van der Waals surface area contributed by atoms with Gasteiger partial charge in [0.1, 0.15) is 11.5 Å². The Morgan fingerprint density at radius 1 is 1.30 bits per heavy atom. The number of hydrogen-bond donors (Lipinski definition) is 3. The Morgan fingerprint density at radius 3 is 2.70 bits per heavy atom. The van der Waals surface area contributed by atoms with Gasteiger partial charge in [-0.25, -0.2) is 4.79 Å². The number of hydrogen-bond acceptors (Lipinski definition) is 8. The Kier molecular flexibility index (Phi) is 5.74. The Bertz CT molecular complexity index is 1030. The van der Waals surface area contributed by atoms with Crippen LogP contribution < -0.4 is 0 Å². The molecule has 0 saturated carbocycles. The van der Waals surface area contributed by atoms with Crippen molar-refractivity contribution < 1.29 is 39.2 Å². The number of phenols is 1. The highest BCUT2D eigenvalue weighted by Gasteiger charge is 2.64. The lowest BCUT2D eigenvalue weighted by Crippen LogP contribution is -2.71. The van der Waals surface area contributed by atoms with E-state index in [1.807, 2.05) is 20.0 Å². The van der Waals surface area contributed by atoms with Gasteiger partial charge in [0.05, 0.1) is 12.0 Å². The summed E-state index contributed by atoms with van der Waals surface area (Å²) < 4.78 is 10.4. The van der Waals surface area contributed by atoms with Crippen LogP contribution in [-0.4, -0.2) is 69.5 Å². The largest absolute Gasteiger partial charge is 0.508 e. The first-order valence-corrected chi connectivity index (χ1v) is 11.0. The van der Waals surface area contributed by atoms with E-state index in [-0.39, 0.29) is 24.6 Å². The lowest BCUT2D eigenvalue weighted by atomic mass is 9.50. The van der Waals surface area contributed by atoms with Crippen molar-refractivity contribution in [2.45, 2.75) is 69.1 Å². The third kappa shape index (κ3) is 3.69. The zero-order chi connectivity index (χ0) is 24.1. The maximum absolute atomic E-state index is 12.7. The van der Waals surface area contributed by atoms with E-state index in [2.05, 4.69) is 4.90 Å². The van der Waals surface area contributed by atoms with E-state index in [1.165, 1.54) is 0 Å². The number of carboxylic acids is 1. The highest BCUT2D eigenvalue weighted by molar-refractivity contribution is 5.84. The summed E-state index contributed by atoms with van der Waals surface area (Å²) in [6, 6.07) is 3.41. The molecule has 9 heteroatoms. The first kappa shape index (κ1) is 23.3. The van der Waals surface area contributed by atoms with Gasteiger partial charge >= 0.3 is 17.9 Å². The quantitative estimate of drug-likeness (QED) is 0.561. The van der Waals surface area contributed by atoms with Gasteiger partial charge in [0.25, 0.3) is 0 Å². The molecule has 0 spiro atoms. The topological polar surface area (TPSA) is 134 Å². The van der Waals surface area contributed by atoms with Crippen molar-refractivity contribution in [3.05, 3.63) is 40.7 Å². The van der Waals surface area contributed by atoms with Gasteiger partial charge < -0.3 is 29.7 Å². The average Bonchev–Trinajstić information content (AvgIpc) is 2.72. The molecule has 3 N–H and O–H groups in total. The number of likely N-dealkylation sites (N-methyl/N-ethyl adjacent to an activating group) is 1. The van der Waals surface area contributed by atoms with Crippen LogP contribution in [-0.2, 0) is 35.7 Å². The lowest BCUT2D eigenvalue weighted by molar-refractivity contribution is -0.170. The molecule has 0 amide bonds. The summed E-state index contributed by atoms with van der Waals surface area (Å²) in [6.07, 6.45) is 1.06. The molecule has 1 aromatic rings. The first-order chi connectivity index (χ1) is 15.5. The standard InChI is InChI=1S/C24H29NO8/c1-13-17(27)5-4-15-10-19-24(31)7-6-16(12-23(24,21(13)15)8-9-25(19)3)33-22(30)18(11-20(28)29)32-14(2)26/h4-6,18-19,27,31H,7-12H2,1-3H3,(H,28,29)/t18-,19+,23+,24+/m0/s1. The second-order valence-electron chi connectivity index (χ2n) is 9.37. The number of fused-ring (bicyclic) bond motifs is 1. The maximum Gasteiger partial charge on any atom is 0.353 e. The molecular formula is C24H29NO8. The summed E-state index contributed by atoms with van der Waals surface area (Å²) in [7, 11) is 1.99. The van der Waals surface area contributed by atoms with Gasteiger partial charge in [-0.3, -0.25) is 9.59 Å². The van der Waals surface area contributed by atoms with Crippen molar-refractivity contribution in [2.75, 3.05) is 13.6 Å². The van der Waals surface area contributed by atoms with E-state index in [9.17, 15) is 24.6 Å². The van der Waals surface area contributed by atoms with Crippen LogP contribution >= 0.6 is 0 Å². The van der Waals surface area contributed by atoms with Crippen LogP contribution in [0.5, 0.6) is 5.75 Å². The Morgan fingerprint density at radius 2 is 2.03 bits per heavy atom. The molecular weight excluding hydrogens is 430 g/mol. The second-order valence-corrected chi connectivity index (χ2v) is 9.37. The molecule has 33 heavy (non-hydrogen) atoms. The fourth-order valence-electron chi connectivity index (χ4n) is 6.00. The zero-order valence-corrected chi connectivity index (χ0v) is 19.0. The Hall–Kier alpha value is -2.91. The fourth-order valence-corrected chi connectivity index (χ4v) is 6.00. The van der Waals surface area contributed by atoms with Crippen molar-refractivity contribution in [1.82, 2.24) is 4.90 Å². The number of aliphatic carboxylic acids is 1. The molecule has 1 aliphatic heterocycles.